The van der Waals surface area contributed by atoms with E-state index in [-0.39, 0.29) is 11.5 Å². The van der Waals surface area contributed by atoms with Crippen molar-refractivity contribution in [1.29, 1.82) is 0 Å². The topological polar surface area (TPSA) is 41.6 Å². The van der Waals surface area contributed by atoms with Crippen LogP contribution in [0.1, 0.15) is 18.4 Å². The Kier molecular flexibility index (Phi) is 3.49. The molecule has 1 spiro atoms. The molecule has 0 unspecified atom stereocenters. The van der Waals surface area contributed by atoms with Gasteiger partial charge in [-0.25, -0.2) is 4.79 Å². The highest BCUT2D eigenvalue weighted by Crippen LogP contribution is 2.38. The van der Waals surface area contributed by atoms with Crippen molar-refractivity contribution in [3.63, 3.8) is 0 Å². The molecule has 2 aliphatic rings. The molecule has 4 heteroatoms. The summed E-state index contributed by atoms with van der Waals surface area (Å²) >= 11 is 0. The molecule has 2 fully saturated rings. The van der Waals surface area contributed by atoms with Gasteiger partial charge in [-0.2, -0.15) is 0 Å². The van der Waals surface area contributed by atoms with Gasteiger partial charge in [0.05, 0.1) is 12.6 Å². The first kappa shape index (κ1) is 13.2. The van der Waals surface area contributed by atoms with Crippen molar-refractivity contribution < 1.29 is 9.53 Å². The molecule has 0 atom stereocenters. The molecule has 2 heterocycles. The minimum Gasteiger partial charge on any atom is -0.466 e. The zero-order chi connectivity index (χ0) is 14.0. The van der Waals surface area contributed by atoms with Crippen LogP contribution in [0.15, 0.2) is 30.3 Å². The molecule has 0 radical (unpaired) electrons. The Morgan fingerprint density at radius 2 is 2.20 bits per heavy atom. The van der Waals surface area contributed by atoms with Crippen LogP contribution in [0.4, 0.5) is 5.69 Å². The molecule has 0 bridgehead atoms. The summed E-state index contributed by atoms with van der Waals surface area (Å²) in [6.45, 7) is 3.20. The first-order valence-electron chi connectivity index (χ1n) is 7.09. The van der Waals surface area contributed by atoms with Gasteiger partial charge in [0.25, 0.3) is 0 Å². The molecule has 4 nitrogen and oxygen atoms in total. The minimum atomic E-state index is -0.318. The summed E-state index contributed by atoms with van der Waals surface area (Å²) in [6, 6.07) is 8.25. The van der Waals surface area contributed by atoms with Crippen molar-refractivity contribution in [2.75, 3.05) is 31.6 Å². The maximum Gasteiger partial charge on any atom is 0.330 e. The number of para-hydroxylation sites is 1. The lowest BCUT2D eigenvalue weighted by Crippen LogP contribution is -2.66. The first-order chi connectivity index (χ1) is 9.75. The first-order valence-corrected chi connectivity index (χ1v) is 7.09. The van der Waals surface area contributed by atoms with Crippen LogP contribution in [0.25, 0.3) is 6.08 Å². The van der Waals surface area contributed by atoms with E-state index >= 15 is 0 Å². The minimum absolute atomic E-state index is 0.287. The molecular weight excluding hydrogens is 252 g/mol. The maximum atomic E-state index is 11.3. The van der Waals surface area contributed by atoms with Gasteiger partial charge in [-0.3, -0.25) is 0 Å². The van der Waals surface area contributed by atoms with E-state index in [9.17, 15) is 4.79 Å². The fourth-order valence-electron chi connectivity index (χ4n) is 3.20. The summed E-state index contributed by atoms with van der Waals surface area (Å²) in [4.78, 5) is 13.8. The zero-order valence-corrected chi connectivity index (χ0v) is 11.8. The summed E-state index contributed by atoms with van der Waals surface area (Å²) in [5, 5.41) is 3.39. The lowest BCUT2D eigenvalue weighted by molar-refractivity contribution is -0.134. The van der Waals surface area contributed by atoms with Gasteiger partial charge in [-0.15, -0.1) is 0 Å². The number of nitrogens with one attached hydrogen (secondary N) is 1. The highest BCUT2D eigenvalue weighted by molar-refractivity contribution is 5.88. The van der Waals surface area contributed by atoms with E-state index < -0.39 is 0 Å². The molecule has 2 saturated heterocycles. The van der Waals surface area contributed by atoms with Crippen LogP contribution in [0.5, 0.6) is 0 Å². The molecule has 0 amide bonds. The van der Waals surface area contributed by atoms with Crippen molar-refractivity contribution in [3.8, 4) is 0 Å². The molecule has 1 N–H and O–H groups in total. The van der Waals surface area contributed by atoms with E-state index in [0.29, 0.717) is 0 Å². The summed E-state index contributed by atoms with van der Waals surface area (Å²) in [6.07, 6.45) is 5.81. The predicted molar refractivity (Wildman–Crippen MR) is 79.7 cm³/mol. The molecule has 106 valence electrons. The van der Waals surface area contributed by atoms with Gasteiger partial charge in [0.2, 0.25) is 0 Å². The van der Waals surface area contributed by atoms with E-state index in [1.807, 2.05) is 18.2 Å². The molecule has 0 aliphatic carbocycles. The second-order valence-corrected chi connectivity index (χ2v) is 5.50. The van der Waals surface area contributed by atoms with Crippen LogP contribution in [0.3, 0.4) is 0 Å². The average Bonchev–Trinajstić information content (AvgIpc) is 2.89. The predicted octanol–water partition coefficient (Wildman–Crippen LogP) is 1.81. The van der Waals surface area contributed by atoms with Gasteiger partial charge in [0.15, 0.2) is 0 Å². The summed E-state index contributed by atoms with van der Waals surface area (Å²) in [5.74, 6) is -0.318. The lowest BCUT2D eigenvalue weighted by atomic mass is 9.88. The van der Waals surface area contributed by atoms with E-state index in [2.05, 4.69) is 27.1 Å². The number of ether oxygens (including phenoxy) is 1. The summed E-state index contributed by atoms with van der Waals surface area (Å²) < 4.78 is 4.66. The van der Waals surface area contributed by atoms with Crippen LogP contribution in [0, 0.1) is 0 Å². The van der Waals surface area contributed by atoms with E-state index in [0.717, 1.165) is 25.2 Å². The Morgan fingerprint density at radius 1 is 1.40 bits per heavy atom. The molecule has 0 saturated carbocycles. The third-order valence-corrected chi connectivity index (χ3v) is 4.33. The largest absolute Gasteiger partial charge is 0.466 e. The van der Waals surface area contributed by atoms with E-state index in [1.54, 1.807) is 0 Å². The smallest absolute Gasteiger partial charge is 0.330 e. The number of esters is 1. The van der Waals surface area contributed by atoms with Crippen molar-refractivity contribution in [3.05, 3.63) is 35.9 Å². The highest BCUT2D eigenvalue weighted by atomic mass is 16.5. The fourth-order valence-corrected chi connectivity index (χ4v) is 3.20. The van der Waals surface area contributed by atoms with E-state index in [1.165, 1.54) is 31.7 Å². The average molecular weight is 272 g/mol. The summed E-state index contributed by atoms with van der Waals surface area (Å²) in [5.41, 5.74) is 2.58. The molecule has 20 heavy (non-hydrogen) atoms. The Labute approximate surface area is 119 Å². The van der Waals surface area contributed by atoms with Crippen molar-refractivity contribution >= 4 is 17.7 Å². The third kappa shape index (κ3) is 2.20. The molecule has 1 aromatic rings. The second kappa shape index (κ2) is 5.29. The maximum absolute atomic E-state index is 11.3. The Morgan fingerprint density at radius 3 is 2.90 bits per heavy atom. The molecular formula is C16H20N2O2. The SMILES string of the molecule is COC(=O)C=Cc1ccccc1N1CCCC12CNC2. The zero-order valence-electron chi connectivity index (χ0n) is 11.8. The molecule has 3 rings (SSSR count). The third-order valence-electron chi connectivity index (χ3n) is 4.33. The number of methoxy groups -OCH3 is 1. The Balaban J connectivity index is 1.90. The van der Waals surface area contributed by atoms with Gasteiger partial charge >= 0.3 is 5.97 Å². The molecule has 0 aromatic heterocycles. The Bertz CT molecular complexity index is 535. The van der Waals surface area contributed by atoms with Crippen LogP contribution in [0.2, 0.25) is 0 Å². The highest BCUT2D eigenvalue weighted by Gasteiger charge is 2.46. The normalized spacial score (nSPS) is 20.4. The number of hydrogen-bond acceptors (Lipinski definition) is 4. The number of carbonyl (C=O) groups excluding carboxylic acids is 1. The number of nitrogens with zero attached hydrogens (tertiary/aromatic N) is 1. The standard InChI is InChI=1S/C16H20N2O2/c1-20-15(19)8-7-13-5-2-3-6-14(13)18-10-4-9-16(18)11-17-12-16/h2-3,5-8,17H,4,9-12H2,1H3. The number of carbonyl (C=O) groups is 1. The van der Waals surface area contributed by atoms with Crippen LogP contribution in [-0.2, 0) is 9.53 Å². The number of hydrogen-bond donors (Lipinski definition) is 1. The second-order valence-electron chi connectivity index (χ2n) is 5.50. The van der Waals surface area contributed by atoms with Crippen molar-refractivity contribution in [2.24, 2.45) is 0 Å². The van der Waals surface area contributed by atoms with Crippen LogP contribution < -0.4 is 10.2 Å². The van der Waals surface area contributed by atoms with Crippen LogP contribution >= 0.6 is 0 Å². The fraction of sp³-hybridized carbons (Fsp3) is 0.438. The van der Waals surface area contributed by atoms with Gasteiger partial charge < -0.3 is 15.0 Å². The summed E-state index contributed by atoms with van der Waals surface area (Å²) in [7, 11) is 1.40. The monoisotopic (exact) mass is 272 g/mol. The lowest BCUT2D eigenvalue weighted by Gasteiger charge is -2.48. The van der Waals surface area contributed by atoms with Gasteiger partial charge in [-0.05, 0) is 30.5 Å². The van der Waals surface area contributed by atoms with Gasteiger partial charge in [-0.1, -0.05) is 18.2 Å². The van der Waals surface area contributed by atoms with E-state index in [4.69, 9.17) is 0 Å². The Hall–Kier alpha value is -1.81. The number of anilines is 1. The van der Waals surface area contributed by atoms with Gasteiger partial charge in [0.1, 0.15) is 0 Å². The number of benzene rings is 1. The van der Waals surface area contributed by atoms with Gasteiger partial charge in [0, 0.05) is 31.4 Å². The van der Waals surface area contributed by atoms with Crippen molar-refractivity contribution in [1.82, 2.24) is 5.32 Å². The van der Waals surface area contributed by atoms with Crippen molar-refractivity contribution in [2.45, 2.75) is 18.4 Å². The molecule has 2 aliphatic heterocycles. The quantitative estimate of drug-likeness (QED) is 0.673. The number of rotatable bonds is 3. The molecule has 1 aromatic carbocycles. The van der Waals surface area contributed by atoms with Crippen LogP contribution in [-0.4, -0.2) is 38.3 Å².